The van der Waals surface area contributed by atoms with Gasteiger partial charge in [0.1, 0.15) is 24.7 Å². The summed E-state index contributed by atoms with van der Waals surface area (Å²) in [5.74, 6) is 2.77. The zero-order valence-electron chi connectivity index (χ0n) is 18.4. The van der Waals surface area contributed by atoms with Crippen molar-refractivity contribution in [1.29, 1.82) is 0 Å². The number of benzene rings is 3. The predicted octanol–water partition coefficient (Wildman–Crippen LogP) is 5.58. The van der Waals surface area contributed by atoms with Crippen LogP contribution in [0.25, 0.3) is 0 Å². The highest BCUT2D eigenvalue weighted by atomic mass is 35.5. The Morgan fingerprint density at radius 1 is 0.710 bits per heavy atom. The van der Waals surface area contributed by atoms with Crippen LogP contribution in [0, 0.1) is 0 Å². The summed E-state index contributed by atoms with van der Waals surface area (Å²) in [4.78, 5) is 2.06. The highest BCUT2D eigenvalue weighted by Crippen LogP contribution is 2.39. The summed E-state index contributed by atoms with van der Waals surface area (Å²) in [6.07, 6.45) is 0. The molecule has 0 bridgehead atoms. The van der Waals surface area contributed by atoms with Crippen LogP contribution in [0.4, 0.5) is 0 Å². The van der Waals surface area contributed by atoms with Gasteiger partial charge in [0.05, 0.1) is 19.2 Å². The minimum absolute atomic E-state index is 0.369. The van der Waals surface area contributed by atoms with Gasteiger partial charge in [-0.25, -0.2) is 0 Å². The molecule has 0 saturated heterocycles. The van der Waals surface area contributed by atoms with Crippen molar-refractivity contribution in [3.05, 3.63) is 82.4 Å². The van der Waals surface area contributed by atoms with Crippen LogP contribution in [0.1, 0.15) is 16.7 Å². The Morgan fingerprint density at radius 3 is 1.71 bits per heavy atom. The molecule has 0 unspecified atom stereocenters. The highest BCUT2D eigenvalue weighted by Gasteiger charge is 2.16. The molecule has 6 heteroatoms. The van der Waals surface area contributed by atoms with E-state index in [1.807, 2.05) is 74.8 Å². The topological polar surface area (TPSA) is 40.2 Å². The van der Waals surface area contributed by atoms with Crippen molar-refractivity contribution in [3.8, 4) is 23.0 Å². The van der Waals surface area contributed by atoms with Gasteiger partial charge >= 0.3 is 0 Å². The van der Waals surface area contributed by atoms with E-state index >= 15 is 0 Å². The number of methoxy groups -OCH3 is 2. The van der Waals surface area contributed by atoms with E-state index in [0.29, 0.717) is 36.3 Å². The molecule has 0 aromatic heterocycles. The van der Waals surface area contributed by atoms with Crippen molar-refractivity contribution >= 4 is 11.6 Å². The fourth-order valence-corrected chi connectivity index (χ4v) is 3.32. The highest BCUT2D eigenvalue weighted by molar-refractivity contribution is 6.33. The second kappa shape index (κ2) is 10.9. The summed E-state index contributed by atoms with van der Waals surface area (Å²) >= 11 is 6.73. The van der Waals surface area contributed by atoms with Gasteiger partial charge in [-0.2, -0.15) is 0 Å². The quantitative estimate of drug-likeness (QED) is 0.411. The van der Waals surface area contributed by atoms with E-state index < -0.39 is 0 Å². The number of hydrogen-bond donors (Lipinski definition) is 0. The summed E-state index contributed by atoms with van der Waals surface area (Å²) in [5.41, 5.74) is 3.01. The minimum atomic E-state index is 0.369. The second-order valence-corrected chi connectivity index (χ2v) is 7.76. The van der Waals surface area contributed by atoms with Crippen molar-refractivity contribution in [1.82, 2.24) is 4.90 Å². The third-order valence-corrected chi connectivity index (χ3v) is 5.14. The maximum Gasteiger partial charge on any atom is 0.180 e. The first-order valence-corrected chi connectivity index (χ1v) is 10.4. The van der Waals surface area contributed by atoms with Crippen LogP contribution < -0.4 is 18.9 Å². The summed E-state index contributed by atoms with van der Waals surface area (Å²) < 4.78 is 22.6. The molecule has 0 aliphatic rings. The lowest BCUT2D eigenvalue weighted by Gasteiger charge is -2.18. The van der Waals surface area contributed by atoms with Crippen LogP contribution in [0.3, 0.4) is 0 Å². The molecule has 5 nitrogen and oxygen atoms in total. The number of nitrogens with zero attached hydrogens (tertiary/aromatic N) is 1. The summed E-state index contributed by atoms with van der Waals surface area (Å²) in [7, 11) is 7.30. The van der Waals surface area contributed by atoms with Crippen LogP contribution in [-0.4, -0.2) is 33.2 Å². The first-order chi connectivity index (χ1) is 15.0. The Hall–Kier alpha value is -2.89. The van der Waals surface area contributed by atoms with Crippen molar-refractivity contribution in [3.63, 3.8) is 0 Å². The van der Waals surface area contributed by atoms with E-state index in [2.05, 4.69) is 4.90 Å². The van der Waals surface area contributed by atoms with Gasteiger partial charge in [-0.05, 0) is 61.1 Å². The molecular formula is C25H28ClNO4. The van der Waals surface area contributed by atoms with Gasteiger partial charge in [0.2, 0.25) is 0 Å². The molecule has 0 spiro atoms. The molecule has 0 amide bonds. The summed E-state index contributed by atoms with van der Waals surface area (Å²) in [6.45, 7) is 1.47. The smallest absolute Gasteiger partial charge is 0.180 e. The molecule has 31 heavy (non-hydrogen) atoms. The van der Waals surface area contributed by atoms with Crippen LogP contribution in [0.5, 0.6) is 23.0 Å². The summed E-state index contributed by atoms with van der Waals surface area (Å²) in [5, 5.41) is 0.564. The molecule has 164 valence electrons. The lowest BCUT2D eigenvalue weighted by atomic mass is 10.1. The SMILES string of the molecule is COc1ccc(COc2ccc(CN(C)C)c(Cl)c2OCc2ccc(OC)cc2)cc1. The number of rotatable bonds is 10. The van der Waals surface area contributed by atoms with E-state index in [1.165, 1.54) is 0 Å². The Labute approximate surface area is 189 Å². The van der Waals surface area contributed by atoms with E-state index in [9.17, 15) is 0 Å². The number of halogens is 1. The monoisotopic (exact) mass is 441 g/mol. The molecule has 0 N–H and O–H groups in total. The van der Waals surface area contributed by atoms with Crippen molar-refractivity contribution in [2.75, 3.05) is 28.3 Å². The molecule has 0 saturated carbocycles. The van der Waals surface area contributed by atoms with E-state index in [1.54, 1.807) is 14.2 Å². The summed E-state index contributed by atoms with van der Waals surface area (Å²) in [6, 6.07) is 19.4. The van der Waals surface area contributed by atoms with Gasteiger partial charge in [0, 0.05) is 6.54 Å². The minimum Gasteiger partial charge on any atom is -0.497 e. The van der Waals surface area contributed by atoms with Gasteiger partial charge in [0.15, 0.2) is 11.5 Å². The molecular weight excluding hydrogens is 414 g/mol. The molecule has 3 rings (SSSR count). The van der Waals surface area contributed by atoms with Crippen LogP contribution in [0.15, 0.2) is 60.7 Å². The molecule has 0 aliphatic heterocycles. The zero-order chi connectivity index (χ0) is 22.2. The number of hydrogen-bond acceptors (Lipinski definition) is 5. The second-order valence-electron chi connectivity index (χ2n) is 7.38. The van der Waals surface area contributed by atoms with Crippen molar-refractivity contribution in [2.24, 2.45) is 0 Å². The van der Waals surface area contributed by atoms with E-state index in [0.717, 1.165) is 28.2 Å². The fraction of sp³-hybridized carbons (Fsp3) is 0.280. The van der Waals surface area contributed by atoms with E-state index in [4.69, 9.17) is 30.5 Å². The molecule has 0 aliphatic carbocycles. The van der Waals surface area contributed by atoms with Crippen LogP contribution in [0.2, 0.25) is 5.02 Å². The molecule has 0 atom stereocenters. The first kappa shape index (κ1) is 22.8. The Morgan fingerprint density at radius 2 is 1.23 bits per heavy atom. The lowest BCUT2D eigenvalue weighted by Crippen LogP contribution is -2.11. The maximum absolute atomic E-state index is 6.73. The third kappa shape index (κ3) is 6.29. The van der Waals surface area contributed by atoms with Crippen molar-refractivity contribution < 1.29 is 18.9 Å². The largest absolute Gasteiger partial charge is 0.497 e. The van der Waals surface area contributed by atoms with Gasteiger partial charge in [0.25, 0.3) is 0 Å². The molecule has 3 aromatic carbocycles. The first-order valence-electron chi connectivity index (χ1n) is 9.97. The lowest BCUT2D eigenvalue weighted by molar-refractivity contribution is 0.255. The Bertz CT molecular complexity index is 972. The maximum atomic E-state index is 6.73. The van der Waals surface area contributed by atoms with Gasteiger partial charge in [-0.15, -0.1) is 0 Å². The Kier molecular flexibility index (Phi) is 8.04. The zero-order valence-corrected chi connectivity index (χ0v) is 19.1. The van der Waals surface area contributed by atoms with E-state index in [-0.39, 0.29) is 0 Å². The van der Waals surface area contributed by atoms with Gasteiger partial charge < -0.3 is 23.8 Å². The van der Waals surface area contributed by atoms with Crippen LogP contribution >= 0.6 is 11.6 Å². The van der Waals surface area contributed by atoms with Crippen LogP contribution in [-0.2, 0) is 19.8 Å². The average Bonchev–Trinajstić information content (AvgIpc) is 2.79. The average molecular weight is 442 g/mol. The number of ether oxygens (including phenoxy) is 4. The van der Waals surface area contributed by atoms with Crippen molar-refractivity contribution in [2.45, 2.75) is 19.8 Å². The Balaban J connectivity index is 1.79. The normalized spacial score (nSPS) is 10.8. The predicted molar refractivity (Wildman–Crippen MR) is 123 cm³/mol. The van der Waals surface area contributed by atoms with Gasteiger partial charge in [-0.1, -0.05) is 41.9 Å². The van der Waals surface area contributed by atoms with Gasteiger partial charge in [-0.3, -0.25) is 0 Å². The molecule has 3 aromatic rings. The fourth-order valence-electron chi connectivity index (χ4n) is 3.05. The molecule has 0 radical (unpaired) electrons. The standard InChI is InChI=1S/C25H28ClNO4/c1-27(2)15-20-9-14-23(30-16-18-5-10-21(28-3)11-6-18)25(24(20)26)31-17-19-7-12-22(29-4)13-8-19/h5-14H,15-17H2,1-4H3. The third-order valence-electron chi connectivity index (χ3n) is 4.72. The molecule has 0 heterocycles. The molecule has 0 fully saturated rings.